The molecule has 1 fully saturated rings. The van der Waals surface area contributed by atoms with E-state index in [9.17, 15) is 0 Å². The summed E-state index contributed by atoms with van der Waals surface area (Å²) in [5, 5.41) is 0. The van der Waals surface area contributed by atoms with Gasteiger partial charge in [-0.3, -0.25) is 0 Å². The van der Waals surface area contributed by atoms with Crippen molar-refractivity contribution >= 4 is 11.3 Å². The van der Waals surface area contributed by atoms with Gasteiger partial charge < -0.3 is 5.73 Å². The Kier molecular flexibility index (Phi) is 2.58. The molecular formula is C13H17N. The van der Waals surface area contributed by atoms with E-state index in [0.29, 0.717) is 0 Å². The van der Waals surface area contributed by atoms with Crippen LogP contribution in [-0.2, 0) is 0 Å². The average molecular weight is 187 g/mol. The first kappa shape index (κ1) is 9.32. The summed E-state index contributed by atoms with van der Waals surface area (Å²) in [5.74, 6) is 0. The third kappa shape index (κ3) is 1.67. The molecule has 0 spiro atoms. The maximum atomic E-state index is 5.95. The van der Waals surface area contributed by atoms with E-state index in [-0.39, 0.29) is 0 Å². The van der Waals surface area contributed by atoms with E-state index in [2.05, 4.69) is 19.1 Å². The van der Waals surface area contributed by atoms with Gasteiger partial charge in [-0.15, -0.1) is 0 Å². The molecule has 1 heteroatoms. The van der Waals surface area contributed by atoms with Crippen LogP contribution in [0, 0.1) is 0 Å². The summed E-state index contributed by atoms with van der Waals surface area (Å²) in [6.45, 7) is 2.20. The summed E-state index contributed by atoms with van der Waals surface area (Å²) >= 11 is 0. The molecule has 0 amide bonds. The lowest BCUT2D eigenvalue weighted by Crippen LogP contribution is -1.93. The summed E-state index contributed by atoms with van der Waals surface area (Å²) in [5.41, 5.74) is 11.1. The second-order valence-electron chi connectivity index (χ2n) is 4.02. The van der Waals surface area contributed by atoms with E-state index < -0.39 is 0 Å². The molecule has 2 rings (SSSR count). The smallest absolute Gasteiger partial charge is 0.0390 e. The van der Waals surface area contributed by atoms with Crippen molar-refractivity contribution in [3.63, 3.8) is 0 Å². The molecule has 74 valence electrons. The summed E-state index contributed by atoms with van der Waals surface area (Å²) in [7, 11) is 0. The second kappa shape index (κ2) is 3.87. The molecule has 0 heterocycles. The Hall–Kier alpha value is -1.24. The topological polar surface area (TPSA) is 26.0 Å². The van der Waals surface area contributed by atoms with Gasteiger partial charge in [0.1, 0.15) is 0 Å². The van der Waals surface area contributed by atoms with Crippen LogP contribution in [0.15, 0.2) is 29.8 Å². The van der Waals surface area contributed by atoms with E-state index in [1.807, 2.05) is 12.1 Å². The van der Waals surface area contributed by atoms with Gasteiger partial charge in [0.15, 0.2) is 0 Å². The SMILES string of the molecule is CC(=C1CCCC1)c1ccccc1N. The van der Waals surface area contributed by atoms with Gasteiger partial charge in [-0.05, 0) is 44.2 Å². The van der Waals surface area contributed by atoms with Crippen LogP contribution in [0.5, 0.6) is 0 Å². The number of nitrogen functional groups attached to an aromatic ring is 1. The highest BCUT2D eigenvalue weighted by molar-refractivity contribution is 5.75. The highest BCUT2D eigenvalue weighted by atomic mass is 14.6. The van der Waals surface area contributed by atoms with Gasteiger partial charge in [0.25, 0.3) is 0 Å². The fourth-order valence-corrected chi connectivity index (χ4v) is 2.21. The van der Waals surface area contributed by atoms with Gasteiger partial charge in [0.2, 0.25) is 0 Å². The van der Waals surface area contributed by atoms with Crippen molar-refractivity contribution in [1.82, 2.24) is 0 Å². The van der Waals surface area contributed by atoms with Crippen molar-refractivity contribution in [2.75, 3.05) is 5.73 Å². The monoisotopic (exact) mass is 187 g/mol. The number of para-hydroxylation sites is 1. The zero-order chi connectivity index (χ0) is 9.97. The molecule has 1 aromatic carbocycles. The number of hydrogen-bond acceptors (Lipinski definition) is 1. The van der Waals surface area contributed by atoms with Crippen LogP contribution in [0.3, 0.4) is 0 Å². The van der Waals surface area contributed by atoms with Crippen LogP contribution in [-0.4, -0.2) is 0 Å². The number of nitrogens with two attached hydrogens (primary N) is 1. The van der Waals surface area contributed by atoms with Crippen LogP contribution in [0.2, 0.25) is 0 Å². The maximum absolute atomic E-state index is 5.95. The number of benzene rings is 1. The summed E-state index contributed by atoms with van der Waals surface area (Å²) in [6, 6.07) is 8.15. The lowest BCUT2D eigenvalue weighted by Gasteiger charge is -2.09. The summed E-state index contributed by atoms with van der Waals surface area (Å²) in [4.78, 5) is 0. The zero-order valence-corrected chi connectivity index (χ0v) is 8.72. The highest BCUT2D eigenvalue weighted by Crippen LogP contribution is 2.33. The Morgan fingerprint density at radius 3 is 2.43 bits per heavy atom. The first-order valence-corrected chi connectivity index (χ1v) is 5.32. The van der Waals surface area contributed by atoms with E-state index in [4.69, 9.17) is 5.73 Å². The largest absolute Gasteiger partial charge is 0.398 e. The van der Waals surface area contributed by atoms with Crippen molar-refractivity contribution in [3.8, 4) is 0 Å². The highest BCUT2D eigenvalue weighted by Gasteiger charge is 2.11. The summed E-state index contributed by atoms with van der Waals surface area (Å²) < 4.78 is 0. The Bertz CT molecular complexity index is 355. The first-order chi connectivity index (χ1) is 6.79. The van der Waals surface area contributed by atoms with Crippen LogP contribution < -0.4 is 5.73 Å². The van der Waals surface area contributed by atoms with E-state index >= 15 is 0 Å². The van der Waals surface area contributed by atoms with Gasteiger partial charge in [-0.1, -0.05) is 23.8 Å². The van der Waals surface area contributed by atoms with E-state index in [1.165, 1.54) is 36.8 Å². The molecule has 1 nitrogen and oxygen atoms in total. The van der Waals surface area contributed by atoms with Crippen LogP contribution in [0.25, 0.3) is 5.57 Å². The van der Waals surface area contributed by atoms with Gasteiger partial charge in [0, 0.05) is 11.3 Å². The molecule has 2 N–H and O–H groups in total. The summed E-state index contributed by atoms with van der Waals surface area (Å²) in [6.07, 6.45) is 5.22. The Morgan fingerprint density at radius 1 is 1.14 bits per heavy atom. The molecule has 0 aliphatic heterocycles. The van der Waals surface area contributed by atoms with Crippen molar-refractivity contribution in [2.45, 2.75) is 32.6 Å². The minimum atomic E-state index is 0.907. The molecule has 0 radical (unpaired) electrons. The third-order valence-corrected chi connectivity index (χ3v) is 3.10. The molecule has 0 bridgehead atoms. The number of rotatable bonds is 1. The van der Waals surface area contributed by atoms with Gasteiger partial charge in [0.05, 0.1) is 0 Å². The molecule has 1 aliphatic carbocycles. The van der Waals surface area contributed by atoms with Crippen molar-refractivity contribution in [3.05, 3.63) is 35.4 Å². The van der Waals surface area contributed by atoms with Crippen molar-refractivity contribution in [1.29, 1.82) is 0 Å². The Morgan fingerprint density at radius 2 is 1.79 bits per heavy atom. The fraction of sp³-hybridized carbons (Fsp3) is 0.385. The lowest BCUT2D eigenvalue weighted by molar-refractivity contribution is 0.886. The predicted molar refractivity (Wildman–Crippen MR) is 61.9 cm³/mol. The molecule has 0 aromatic heterocycles. The van der Waals surface area contributed by atoms with Crippen molar-refractivity contribution in [2.24, 2.45) is 0 Å². The van der Waals surface area contributed by atoms with Crippen LogP contribution in [0.4, 0.5) is 5.69 Å². The predicted octanol–water partition coefficient (Wildman–Crippen LogP) is 3.62. The normalized spacial score (nSPS) is 15.9. The third-order valence-electron chi connectivity index (χ3n) is 3.10. The lowest BCUT2D eigenvalue weighted by atomic mass is 9.99. The fourth-order valence-electron chi connectivity index (χ4n) is 2.21. The molecule has 1 aromatic rings. The maximum Gasteiger partial charge on any atom is 0.0390 e. The quantitative estimate of drug-likeness (QED) is 0.668. The van der Waals surface area contributed by atoms with E-state index in [1.54, 1.807) is 5.57 Å². The van der Waals surface area contributed by atoms with Crippen LogP contribution >= 0.6 is 0 Å². The molecule has 0 unspecified atom stereocenters. The average Bonchev–Trinajstić information content (AvgIpc) is 2.70. The molecule has 1 aliphatic rings. The number of anilines is 1. The molecule has 14 heavy (non-hydrogen) atoms. The first-order valence-electron chi connectivity index (χ1n) is 5.32. The standard InChI is InChI=1S/C13H17N/c1-10(11-6-2-3-7-11)12-8-4-5-9-13(12)14/h4-5,8-9H,2-3,6-7,14H2,1H3. The minimum Gasteiger partial charge on any atom is -0.398 e. The van der Waals surface area contributed by atoms with Crippen LogP contribution in [0.1, 0.15) is 38.2 Å². The number of hydrogen-bond donors (Lipinski definition) is 1. The second-order valence-corrected chi connectivity index (χ2v) is 4.02. The van der Waals surface area contributed by atoms with Gasteiger partial charge in [-0.2, -0.15) is 0 Å². The molecular weight excluding hydrogens is 170 g/mol. The van der Waals surface area contributed by atoms with Gasteiger partial charge in [-0.25, -0.2) is 0 Å². The Labute approximate surface area is 85.6 Å². The van der Waals surface area contributed by atoms with Gasteiger partial charge >= 0.3 is 0 Å². The number of allylic oxidation sites excluding steroid dienone is 2. The Balaban J connectivity index is 2.39. The molecule has 0 atom stereocenters. The van der Waals surface area contributed by atoms with E-state index in [0.717, 1.165) is 5.69 Å². The zero-order valence-electron chi connectivity index (χ0n) is 8.72. The minimum absolute atomic E-state index is 0.907. The van der Waals surface area contributed by atoms with Crippen molar-refractivity contribution < 1.29 is 0 Å². The molecule has 1 saturated carbocycles. The molecule has 0 saturated heterocycles.